The van der Waals surface area contributed by atoms with Crippen molar-refractivity contribution < 1.29 is 14.3 Å². The van der Waals surface area contributed by atoms with Crippen molar-refractivity contribution >= 4 is 23.4 Å². The molecule has 5 rings (SSSR count). The van der Waals surface area contributed by atoms with Gasteiger partial charge in [-0.05, 0) is 42.0 Å². The Bertz CT molecular complexity index is 1340. The van der Waals surface area contributed by atoms with Gasteiger partial charge in [0.25, 0.3) is 5.91 Å². The summed E-state index contributed by atoms with van der Waals surface area (Å²) in [4.78, 5) is 12.9. The predicted molar refractivity (Wildman–Crippen MR) is 139 cm³/mol. The Morgan fingerprint density at radius 3 is 2.33 bits per heavy atom. The molecule has 3 aromatic carbocycles. The molecule has 0 fully saturated rings. The minimum atomic E-state index is -0.0652. The molecule has 0 N–H and O–H groups in total. The van der Waals surface area contributed by atoms with Crippen LogP contribution in [0.3, 0.4) is 0 Å². The lowest BCUT2D eigenvalue weighted by atomic mass is 10.1. The zero-order valence-electron chi connectivity index (χ0n) is 19.8. The number of aromatic nitrogens is 3. The molecule has 1 aromatic heterocycles. The summed E-state index contributed by atoms with van der Waals surface area (Å²) in [6.07, 6.45) is 0.744. The smallest absolute Gasteiger partial charge is 0.253 e. The zero-order valence-corrected chi connectivity index (χ0v) is 20.6. The number of hydrogen-bond donors (Lipinski definition) is 0. The molecule has 0 bridgehead atoms. The highest BCUT2D eigenvalue weighted by atomic mass is 32.2. The number of para-hydroxylation sites is 1. The highest BCUT2D eigenvalue weighted by Crippen LogP contribution is 2.25. The van der Waals surface area contributed by atoms with Gasteiger partial charge in [-0.2, -0.15) is 5.10 Å². The molecule has 4 aromatic rings. The van der Waals surface area contributed by atoms with Crippen molar-refractivity contribution in [3.63, 3.8) is 0 Å². The van der Waals surface area contributed by atoms with E-state index in [-0.39, 0.29) is 18.3 Å². The molecule has 0 aliphatic carbocycles. The Morgan fingerprint density at radius 1 is 0.917 bits per heavy atom. The molecule has 2 heterocycles. The number of hydrogen-bond acceptors (Lipinski definition) is 7. The second kappa shape index (κ2) is 11.1. The number of amides is 1. The van der Waals surface area contributed by atoms with Gasteiger partial charge in [0.2, 0.25) is 0 Å². The van der Waals surface area contributed by atoms with Crippen LogP contribution in [-0.2, 0) is 11.4 Å². The van der Waals surface area contributed by atoms with Gasteiger partial charge < -0.3 is 9.47 Å². The fourth-order valence-corrected chi connectivity index (χ4v) is 4.65. The Hall–Kier alpha value is -4.11. The van der Waals surface area contributed by atoms with Crippen molar-refractivity contribution in [3.8, 4) is 17.2 Å². The maximum atomic E-state index is 12.9. The molecular formula is C27H25N5O3S. The van der Waals surface area contributed by atoms with Crippen LogP contribution in [0.1, 0.15) is 17.8 Å². The Balaban J connectivity index is 1.29. The molecule has 36 heavy (non-hydrogen) atoms. The fourth-order valence-electron chi connectivity index (χ4n) is 3.81. The molecule has 0 saturated carbocycles. The molecule has 1 aliphatic heterocycles. The summed E-state index contributed by atoms with van der Waals surface area (Å²) in [6.45, 7) is 0.801. The molecular weight excluding hydrogens is 474 g/mol. The van der Waals surface area contributed by atoms with Crippen molar-refractivity contribution in [2.24, 2.45) is 5.10 Å². The van der Waals surface area contributed by atoms with Crippen molar-refractivity contribution in [1.82, 2.24) is 19.8 Å². The number of methoxy groups -OCH3 is 1. The third kappa shape index (κ3) is 5.41. The Kier molecular flexibility index (Phi) is 7.28. The highest BCUT2D eigenvalue weighted by molar-refractivity contribution is 7.99. The van der Waals surface area contributed by atoms with E-state index >= 15 is 0 Å². The predicted octanol–water partition coefficient (Wildman–Crippen LogP) is 4.58. The van der Waals surface area contributed by atoms with E-state index in [1.165, 1.54) is 11.8 Å². The van der Waals surface area contributed by atoms with Gasteiger partial charge in [-0.25, -0.2) is 5.01 Å². The molecule has 1 aliphatic rings. The van der Waals surface area contributed by atoms with Crippen molar-refractivity contribution in [2.45, 2.75) is 18.2 Å². The third-order valence-electron chi connectivity index (χ3n) is 5.66. The van der Waals surface area contributed by atoms with Crippen LogP contribution in [0.15, 0.2) is 95.2 Å². The molecule has 0 spiro atoms. The van der Waals surface area contributed by atoms with Crippen LogP contribution in [0.2, 0.25) is 0 Å². The topological polar surface area (TPSA) is 81.8 Å². The van der Waals surface area contributed by atoms with E-state index in [0.717, 1.165) is 29.1 Å². The lowest BCUT2D eigenvalue weighted by Crippen LogP contribution is -2.25. The first-order valence-electron chi connectivity index (χ1n) is 11.5. The van der Waals surface area contributed by atoms with Crippen molar-refractivity contribution in [2.75, 3.05) is 19.4 Å². The summed E-state index contributed by atoms with van der Waals surface area (Å²) in [7, 11) is 1.63. The normalized spacial score (nSPS) is 12.9. The van der Waals surface area contributed by atoms with E-state index < -0.39 is 0 Å². The van der Waals surface area contributed by atoms with Crippen molar-refractivity contribution in [3.05, 3.63) is 96.3 Å². The Morgan fingerprint density at radius 2 is 1.61 bits per heavy atom. The maximum absolute atomic E-state index is 12.9. The second-order valence-electron chi connectivity index (χ2n) is 8.00. The number of nitrogens with zero attached hydrogens (tertiary/aromatic N) is 5. The summed E-state index contributed by atoms with van der Waals surface area (Å²) in [5.41, 5.74) is 2.88. The highest BCUT2D eigenvalue weighted by Gasteiger charge is 2.23. The standard InChI is InChI=1S/C27H25N5O3S/c1-34-22-12-14-23(15-13-22)35-18-25-28-29-27(32(25)21-10-6-3-7-11-21)36-19-26(33)31-17-16-24(30-31)20-8-4-2-5-9-20/h2-15H,16-19H2,1H3. The summed E-state index contributed by atoms with van der Waals surface area (Å²) >= 11 is 1.34. The summed E-state index contributed by atoms with van der Waals surface area (Å²) in [5, 5.41) is 15.4. The SMILES string of the molecule is COc1ccc(OCc2nnc(SCC(=O)N3CCC(c4ccccc4)=N3)n2-c2ccccc2)cc1. The van der Waals surface area contributed by atoms with Crippen LogP contribution < -0.4 is 9.47 Å². The van der Waals surface area contributed by atoms with Crippen LogP contribution in [0.25, 0.3) is 5.69 Å². The average molecular weight is 500 g/mol. The van der Waals surface area contributed by atoms with Gasteiger partial charge in [0, 0.05) is 12.1 Å². The number of thioether (sulfide) groups is 1. The first-order valence-corrected chi connectivity index (χ1v) is 12.5. The van der Waals surface area contributed by atoms with Gasteiger partial charge in [0.05, 0.1) is 25.1 Å². The van der Waals surface area contributed by atoms with Crippen LogP contribution >= 0.6 is 11.8 Å². The lowest BCUT2D eigenvalue weighted by Gasteiger charge is -2.13. The van der Waals surface area contributed by atoms with E-state index in [9.17, 15) is 4.79 Å². The van der Waals surface area contributed by atoms with Crippen LogP contribution in [0.5, 0.6) is 11.5 Å². The van der Waals surface area contributed by atoms with Gasteiger partial charge in [-0.3, -0.25) is 9.36 Å². The van der Waals surface area contributed by atoms with Gasteiger partial charge in [0.1, 0.15) is 18.1 Å². The molecule has 182 valence electrons. The quantitative estimate of drug-likeness (QED) is 0.314. The number of hydrazone groups is 1. The largest absolute Gasteiger partial charge is 0.497 e. The number of rotatable bonds is 9. The van der Waals surface area contributed by atoms with Gasteiger partial charge in [-0.1, -0.05) is 60.3 Å². The number of ether oxygens (including phenoxy) is 2. The zero-order chi connectivity index (χ0) is 24.7. The van der Waals surface area contributed by atoms with Crippen LogP contribution in [0, 0.1) is 0 Å². The van der Waals surface area contributed by atoms with Gasteiger partial charge in [-0.15, -0.1) is 10.2 Å². The van der Waals surface area contributed by atoms with E-state index in [1.54, 1.807) is 12.1 Å². The molecule has 1 amide bonds. The monoisotopic (exact) mass is 499 g/mol. The van der Waals surface area contributed by atoms with Crippen molar-refractivity contribution in [1.29, 1.82) is 0 Å². The Labute approximate surface area is 213 Å². The van der Waals surface area contributed by atoms with E-state index in [2.05, 4.69) is 15.3 Å². The molecule has 0 radical (unpaired) electrons. The van der Waals surface area contributed by atoms with E-state index in [1.807, 2.05) is 89.5 Å². The number of carbonyl (C=O) groups is 1. The minimum Gasteiger partial charge on any atom is -0.497 e. The maximum Gasteiger partial charge on any atom is 0.253 e. The molecule has 8 nitrogen and oxygen atoms in total. The molecule has 0 saturated heterocycles. The first kappa shape index (κ1) is 23.6. The van der Waals surface area contributed by atoms with Gasteiger partial charge in [0.15, 0.2) is 11.0 Å². The van der Waals surface area contributed by atoms with Crippen LogP contribution in [0.4, 0.5) is 0 Å². The van der Waals surface area contributed by atoms with E-state index in [4.69, 9.17) is 9.47 Å². The average Bonchev–Trinajstić information content (AvgIpc) is 3.60. The lowest BCUT2D eigenvalue weighted by molar-refractivity contribution is -0.127. The van der Waals surface area contributed by atoms with Crippen LogP contribution in [-0.4, -0.2) is 50.8 Å². The summed E-state index contributed by atoms with van der Waals surface area (Å²) in [5.74, 6) is 2.23. The number of carbonyl (C=O) groups excluding carboxylic acids is 1. The molecule has 0 atom stereocenters. The summed E-state index contributed by atoms with van der Waals surface area (Å²) in [6, 6.07) is 27.1. The number of benzene rings is 3. The van der Waals surface area contributed by atoms with E-state index in [0.29, 0.717) is 23.3 Å². The summed E-state index contributed by atoms with van der Waals surface area (Å²) < 4.78 is 13.1. The molecule has 9 heteroatoms. The second-order valence-corrected chi connectivity index (χ2v) is 8.94. The fraction of sp³-hybridized carbons (Fsp3) is 0.185. The first-order chi connectivity index (χ1) is 17.7. The minimum absolute atomic E-state index is 0.0652. The third-order valence-corrected chi connectivity index (χ3v) is 6.58. The van der Waals surface area contributed by atoms with Gasteiger partial charge >= 0.3 is 0 Å². The molecule has 0 unspecified atom stereocenters.